The van der Waals surface area contributed by atoms with Crippen LogP contribution >= 0.6 is 11.6 Å². The van der Waals surface area contributed by atoms with Crippen molar-refractivity contribution < 1.29 is 0 Å². The summed E-state index contributed by atoms with van der Waals surface area (Å²) in [6, 6.07) is 14.1. The lowest BCUT2D eigenvalue weighted by atomic mass is 9.87. The first kappa shape index (κ1) is 18.3. The Hall–Kier alpha value is -2.50. The second-order valence-corrected chi connectivity index (χ2v) is 7.88. The molecule has 0 saturated heterocycles. The summed E-state index contributed by atoms with van der Waals surface area (Å²) in [4.78, 5) is 2.30. The van der Waals surface area contributed by atoms with Crippen LogP contribution in [0.15, 0.2) is 42.5 Å². The Morgan fingerprint density at radius 3 is 2.58 bits per heavy atom. The number of allylic oxidation sites excluding steroid dienone is 2. The fourth-order valence-corrected chi connectivity index (χ4v) is 3.66. The van der Waals surface area contributed by atoms with Crippen molar-refractivity contribution in [2.75, 3.05) is 11.9 Å². The lowest BCUT2D eigenvalue weighted by Gasteiger charge is -2.41. The van der Waals surface area contributed by atoms with Gasteiger partial charge in [-0.25, -0.2) is 0 Å². The molecule has 3 heteroatoms. The minimum Gasteiger partial charge on any atom is -0.365 e. The summed E-state index contributed by atoms with van der Waals surface area (Å²) in [5.41, 5.74) is 7.35. The summed E-state index contributed by atoms with van der Waals surface area (Å²) >= 11 is 6.09. The number of anilines is 1. The molecule has 3 rings (SSSR count). The molecule has 1 aliphatic heterocycles. The topological polar surface area (TPSA) is 27.0 Å². The number of aryl methyl sites for hydroxylation is 1. The van der Waals surface area contributed by atoms with Gasteiger partial charge in [0, 0.05) is 23.3 Å². The summed E-state index contributed by atoms with van der Waals surface area (Å²) in [6.45, 7) is 8.68. The molecule has 0 unspecified atom stereocenters. The van der Waals surface area contributed by atoms with Crippen molar-refractivity contribution in [1.29, 1.82) is 5.26 Å². The number of hydrogen-bond acceptors (Lipinski definition) is 2. The number of nitriles is 1. The zero-order chi connectivity index (χ0) is 19.1. The molecule has 0 saturated carbocycles. The maximum Gasteiger partial charge on any atom is 0.0998 e. The van der Waals surface area contributed by atoms with E-state index in [9.17, 15) is 5.26 Å². The van der Waals surface area contributed by atoms with E-state index < -0.39 is 0 Å². The average molecular weight is 363 g/mol. The molecule has 132 valence electrons. The third-order valence-electron chi connectivity index (χ3n) is 5.16. The van der Waals surface area contributed by atoms with Gasteiger partial charge >= 0.3 is 0 Å². The molecule has 26 heavy (non-hydrogen) atoms. The maximum atomic E-state index is 9.64. The highest BCUT2D eigenvalue weighted by molar-refractivity contribution is 6.30. The lowest BCUT2D eigenvalue weighted by Crippen LogP contribution is -2.42. The van der Waals surface area contributed by atoms with E-state index in [4.69, 9.17) is 11.6 Å². The molecule has 0 spiro atoms. The van der Waals surface area contributed by atoms with E-state index in [1.54, 1.807) is 0 Å². The van der Waals surface area contributed by atoms with Gasteiger partial charge < -0.3 is 4.90 Å². The average Bonchev–Trinajstić information content (AvgIpc) is 2.58. The van der Waals surface area contributed by atoms with Crippen LogP contribution in [-0.4, -0.2) is 12.6 Å². The number of hydrogen-bond donors (Lipinski definition) is 0. The number of nitrogens with zero attached hydrogens (tertiary/aromatic N) is 2. The Balaban J connectivity index is 2.13. The van der Waals surface area contributed by atoms with Crippen LogP contribution in [0.3, 0.4) is 0 Å². The van der Waals surface area contributed by atoms with E-state index in [1.165, 1.54) is 16.8 Å². The van der Waals surface area contributed by atoms with Crippen molar-refractivity contribution in [3.8, 4) is 6.07 Å². The fourth-order valence-electron chi connectivity index (χ4n) is 3.46. The zero-order valence-corrected chi connectivity index (χ0v) is 16.6. The predicted octanol–water partition coefficient (Wildman–Crippen LogP) is 6.34. The van der Waals surface area contributed by atoms with Gasteiger partial charge in [-0.3, -0.25) is 0 Å². The Morgan fingerprint density at radius 2 is 1.92 bits per heavy atom. The van der Waals surface area contributed by atoms with Gasteiger partial charge in [0.25, 0.3) is 0 Å². The summed E-state index contributed by atoms with van der Waals surface area (Å²) in [7, 11) is 2.13. The summed E-state index contributed by atoms with van der Waals surface area (Å²) in [5, 5.41) is 10.3. The van der Waals surface area contributed by atoms with E-state index in [1.807, 2.05) is 30.3 Å². The van der Waals surface area contributed by atoms with Crippen LogP contribution < -0.4 is 4.90 Å². The van der Waals surface area contributed by atoms with Crippen LogP contribution in [0.5, 0.6) is 0 Å². The molecule has 1 heterocycles. The highest BCUT2D eigenvalue weighted by Gasteiger charge is 2.28. The Morgan fingerprint density at radius 1 is 1.19 bits per heavy atom. The molecule has 0 amide bonds. The van der Waals surface area contributed by atoms with Gasteiger partial charge in [0.15, 0.2) is 0 Å². The molecule has 0 atom stereocenters. The van der Waals surface area contributed by atoms with Gasteiger partial charge in [-0.05, 0) is 80.3 Å². The Labute approximate surface area is 161 Å². The van der Waals surface area contributed by atoms with Crippen LogP contribution in [0.1, 0.15) is 43.0 Å². The molecule has 2 aromatic carbocycles. The first-order chi connectivity index (χ1) is 12.2. The lowest BCUT2D eigenvalue weighted by molar-refractivity contribution is 0.597. The van der Waals surface area contributed by atoms with Crippen LogP contribution in [0.4, 0.5) is 5.69 Å². The quantitative estimate of drug-likeness (QED) is 0.460. The molecule has 2 aromatic rings. The van der Waals surface area contributed by atoms with Crippen molar-refractivity contribution >= 4 is 34.5 Å². The van der Waals surface area contributed by atoms with Gasteiger partial charge in [-0.1, -0.05) is 29.8 Å². The molecular weight excluding hydrogens is 340 g/mol. The molecule has 0 radical (unpaired) electrons. The molecular formula is C23H23ClN2. The van der Waals surface area contributed by atoms with Gasteiger partial charge in [0.1, 0.15) is 0 Å². The van der Waals surface area contributed by atoms with Gasteiger partial charge in [0.2, 0.25) is 0 Å². The molecule has 0 bridgehead atoms. The number of likely N-dealkylation sites (N-methyl/N-ethyl adjacent to an activating group) is 1. The summed E-state index contributed by atoms with van der Waals surface area (Å²) in [5.74, 6) is 0. The summed E-state index contributed by atoms with van der Waals surface area (Å²) < 4.78 is 0. The van der Waals surface area contributed by atoms with Gasteiger partial charge in [0.05, 0.1) is 17.2 Å². The van der Waals surface area contributed by atoms with E-state index in [2.05, 4.69) is 63.9 Å². The minimum absolute atomic E-state index is 0.0144. The second-order valence-electron chi connectivity index (χ2n) is 7.45. The highest BCUT2D eigenvalue weighted by atomic mass is 35.5. The van der Waals surface area contributed by atoms with Crippen LogP contribution in [0.2, 0.25) is 5.02 Å². The normalized spacial score (nSPS) is 16.0. The van der Waals surface area contributed by atoms with Crippen molar-refractivity contribution in [2.24, 2.45) is 0 Å². The standard InChI is InChI=1S/C23H23ClN2/c1-15-9-22-21(16(2)13-23(3,4)26(22)5)12-18(15)10-19(14-25)17-7-6-8-20(24)11-17/h6-13H,1-5H3/b19-10-. The Kier molecular flexibility index (Phi) is 4.69. The molecule has 0 fully saturated rings. The van der Waals surface area contributed by atoms with Crippen LogP contribution in [0.25, 0.3) is 17.2 Å². The van der Waals surface area contributed by atoms with Crippen molar-refractivity contribution in [3.63, 3.8) is 0 Å². The zero-order valence-electron chi connectivity index (χ0n) is 15.9. The summed E-state index contributed by atoms with van der Waals surface area (Å²) in [6.07, 6.45) is 4.24. The van der Waals surface area contributed by atoms with E-state index in [0.717, 1.165) is 16.7 Å². The maximum absolute atomic E-state index is 9.64. The number of rotatable bonds is 2. The number of benzene rings is 2. The molecule has 0 aromatic heterocycles. The third-order valence-corrected chi connectivity index (χ3v) is 5.40. The largest absolute Gasteiger partial charge is 0.365 e. The molecule has 2 nitrogen and oxygen atoms in total. The molecule has 0 aliphatic carbocycles. The molecule has 0 N–H and O–H groups in total. The Bertz CT molecular complexity index is 974. The molecule has 1 aliphatic rings. The van der Waals surface area contributed by atoms with Gasteiger partial charge in [-0.15, -0.1) is 0 Å². The number of fused-ring (bicyclic) bond motifs is 1. The van der Waals surface area contributed by atoms with E-state index in [0.29, 0.717) is 10.6 Å². The first-order valence-corrected chi connectivity index (χ1v) is 9.07. The van der Waals surface area contributed by atoms with E-state index >= 15 is 0 Å². The van der Waals surface area contributed by atoms with Gasteiger partial charge in [-0.2, -0.15) is 5.26 Å². The predicted molar refractivity (Wildman–Crippen MR) is 112 cm³/mol. The van der Waals surface area contributed by atoms with Crippen molar-refractivity contribution in [3.05, 3.63) is 69.8 Å². The van der Waals surface area contributed by atoms with E-state index in [-0.39, 0.29) is 5.54 Å². The van der Waals surface area contributed by atoms with Crippen molar-refractivity contribution in [2.45, 2.75) is 33.2 Å². The highest BCUT2D eigenvalue weighted by Crippen LogP contribution is 2.39. The SMILES string of the molecule is CC1=CC(C)(C)N(C)c2cc(C)c(/C=C(/C#N)c3cccc(Cl)c3)cc21. The second kappa shape index (κ2) is 6.67. The van der Waals surface area contributed by atoms with Crippen LogP contribution in [0, 0.1) is 18.3 Å². The number of halogens is 1. The first-order valence-electron chi connectivity index (χ1n) is 8.69. The minimum atomic E-state index is -0.0144. The van der Waals surface area contributed by atoms with Crippen molar-refractivity contribution in [1.82, 2.24) is 0 Å². The van der Waals surface area contributed by atoms with Crippen LogP contribution in [-0.2, 0) is 0 Å². The smallest absolute Gasteiger partial charge is 0.0998 e. The third kappa shape index (κ3) is 3.28. The fraction of sp³-hybridized carbons (Fsp3) is 0.261. The monoisotopic (exact) mass is 362 g/mol.